The van der Waals surface area contributed by atoms with Crippen molar-refractivity contribution in [1.82, 2.24) is 0 Å². The highest BCUT2D eigenvalue weighted by Crippen LogP contribution is 2.26. The van der Waals surface area contributed by atoms with Crippen molar-refractivity contribution in [3.05, 3.63) is 57.8 Å². The van der Waals surface area contributed by atoms with E-state index in [9.17, 15) is 9.18 Å². The number of hydrogen-bond acceptors (Lipinski definition) is 2. The Morgan fingerprint density at radius 1 is 1.19 bits per heavy atom. The van der Waals surface area contributed by atoms with Gasteiger partial charge in [0, 0.05) is 9.37 Å². The zero-order chi connectivity index (χ0) is 15.4. The van der Waals surface area contributed by atoms with E-state index in [0.717, 1.165) is 20.6 Å². The first-order chi connectivity index (χ1) is 9.95. The highest BCUT2D eigenvalue weighted by molar-refractivity contribution is 9.10. The minimum absolute atomic E-state index is 0.0896. The number of anilines is 1. The first kappa shape index (κ1) is 16.0. The molecule has 0 atom stereocenters. The molecular formula is C16H15BrFNOS. The molecule has 0 unspecified atom stereocenters. The molecule has 21 heavy (non-hydrogen) atoms. The minimum atomic E-state index is -0.275. The highest BCUT2D eigenvalue weighted by Gasteiger charge is 2.08. The van der Waals surface area contributed by atoms with Crippen molar-refractivity contribution in [3.63, 3.8) is 0 Å². The molecule has 0 fully saturated rings. The normalized spacial score (nSPS) is 10.5. The number of rotatable bonds is 4. The minimum Gasteiger partial charge on any atom is -0.324 e. The lowest BCUT2D eigenvalue weighted by atomic mass is 10.1. The first-order valence-electron chi connectivity index (χ1n) is 6.40. The van der Waals surface area contributed by atoms with E-state index in [1.54, 1.807) is 12.1 Å². The van der Waals surface area contributed by atoms with Crippen LogP contribution in [0.15, 0.2) is 45.8 Å². The zero-order valence-electron chi connectivity index (χ0n) is 11.7. The molecule has 0 radical (unpaired) electrons. The Labute approximate surface area is 136 Å². The van der Waals surface area contributed by atoms with Crippen molar-refractivity contribution >= 4 is 39.3 Å². The summed E-state index contributed by atoms with van der Waals surface area (Å²) in [6, 6.07) is 10.0. The number of benzene rings is 2. The van der Waals surface area contributed by atoms with E-state index in [1.165, 1.54) is 29.5 Å². The average Bonchev–Trinajstić information content (AvgIpc) is 2.44. The van der Waals surface area contributed by atoms with Crippen LogP contribution in [0.3, 0.4) is 0 Å². The molecule has 2 nitrogen and oxygen atoms in total. The molecule has 0 spiro atoms. The molecule has 2 aromatic carbocycles. The topological polar surface area (TPSA) is 29.1 Å². The molecule has 0 aliphatic heterocycles. The highest BCUT2D eigenvalue weighted by atomic mass is 79.9. The second-order valence-electron chi connectivity index (χ2n) is 4.71. The predicted octanol–water partition coefficient (Wildman–Crippen LogP) is 4.94. The summed E-state index contributed by atoms with van der Waals surface area (Å²) < 4.78 is 13.7. The summed E-state index contributed by atoms with van der Waals surface area (Å²) in [4.78, 5) is 12.8. The SMILES string of the molecule is Cc1cc(Br)c(NC(=O)CSc2ccc(F)cc2)cc1C. The van der Waals surface area contributed by atoms with Gasteiger partial charge in [-0.1, -0.05) is 0 Å². The Bertz CT molecular complexity index is 658. The van der Waals surface area contributed by atoms with E-state index in [4.69, 9.17) is 0 Å². The average molecular weight is 368 g/mol. The third kappa shape index (κ3) is 4.58. The summed E-state index contributed by atoms with van der Waals surface area (Å²) in [5.74, 6) is -0.0819. The van der Waals surface area contributed by atoms with Gasteiger partial charge >= 0.3 is 0 Å². The van der Waals surface area contributed by atoms with Crippen LogP contribution in [0.25, 0.3) is 0 Å². The van der Waals surface area contributed by atoms with Crippen molar-refractivity contribution in [2.75, 3.05) is 11.1 Å². The first-order valence-corrected chi connectivity index (χ1v) is 8.18. The maximum absolute atomic E-state index is 12.8. The number of hydrogen-bond donors (Lipinski definition) is 1. The van der Waals surface area contributed by atoms with Gasteiger partial charge in [0.05, 0.1) is 11.4 Å². The fourth-order valence-electron chi connectivity index (χ4n) is 1.74. The molecule has 0 heterocycles. The smallest absolute Gasteiger partial charge is 0.234 e. The summed E-state index contributed by atoms with van der Waals surface area (Å²) in [7, 11) is 0. The Morgan fingerprint density at radius 2 is 1.81 bits per heavy atom. The maximum Gasteiger partial charge on any atom is 0.234 e. The number of aryl methyl sites for hydroxylation is 2. The second kappa shape index (κ2) is 7.09. The van der Waals surface area contributed by atoms with Gasteiger partial charge in [0.1, 0.15) is 5.82 Å². The number of amides is 1. The van der Waals surface area contributed by atoms with E-state index in [-0.39, 0.29) is 17.5 Å². The molecule has 110 valence electrons. The quantitative estimate of drug-likeness (QED) is 0.775. The lowest BCUT2D eigenvalue weighted by Gasteiger charge is -2.10. The Hall–Kier alpha value is -1.33. The predicted molar refractivity (Wildman–Crippen MR) is 89.4 cm³/mol. The molecule has 2 rings (SSSR count). The fourth-order valence-corrected chi connectivity index (χ4v) is 3.00. The van der Waals surface area contributed by atoms with Crippen molar-refractivity contribution in [3.8, 4) is 0 Å². The van der Waals surface area contributed by atoms with Crippen molar-refractivity contribution in [2.24, 2.45) is 0 Å². The van der Waals surface area contributed by atoms with E-state index in [2.05, 4.69) is 21.2 Å². The Balaban J connectivity index is 1.96. The monoisotopic (exact) mass is 367 g/mol. The molecule has 0 aliphatic rings. The van der Waals surface area contributed by atoms with Crippen molar-refractivity contribution < 1.29 is 9.18 Å². The van der Waals surface area contributed by atoms with Gasteiger partial charge in [-0.3, -0.25) is 4.79 Å². The fraction of sp³-hybridized carbons (Fsp3) is 0.188. The standard InChI is InChI=1S/C16H15BrFNOS/c1-10-7-14(17)15(8-11(10)2)19-16(20)9-21-13-5-3-12(18)4-6-13/h3-8H,9H2,1-2H3,(H,19,20). The van der Waals surface area contributed by atoms with Crippen LogP contribution >= 0.6 is 27.7 Å². The second-order valence-corrected chi connectivity index (χ2v) is 6.61. The van der Waals surface area contributed by atoms with Crippen LogP contribution in [0, 0.1) is 19.7 Å². The summed E-state index contributed by atoms with van der Waals surface area (Å²) in [6.45, 7) is 4.03. The van der Waals surface area contributed by atoms with Gasteiger partial charge in [-0.05, 0) is 77.3 Å². The van der Waals surface area contributed by atoms with Gasteiger partial charge in [-0.25, -0.2) is 4.39 Å². The largest absolute Gasteiger partial charge is 0.324 e. The molecular weight excluding hydrogens is 353 g/mol. The lowest BCUT2D eigenvalue weighted by Crippen LogP contribution is -2.14. The molecule has 1 amide bonds. The Morgan fingerprint density at radius 3 is 2.48 bits per heavy atom. The molecule has 0 bridgehead atoms. The maximum atomic E-state index is 12.8. The van der Waals surface area contributed by atoms with E-state index in [1.807, 2.05) is 26.0 Å². The molecule has 0 aromatic heterocycles. The van der Waals surface area contributed by atoms with Crippen LogP contribution in [0.2, 0.25) is 0 Å². The molecule has 0 saturated heterocycles. The van der Waals surface area contributed by atoms with Crippen molar-refractivity contribution in [1.29, 1.82) is 0 Å². The van der Waals surface area contributed by atoms with Gasteiger partial charge < -0.3 is 5.32 Å². The Kier molecular flexibility index (Phi) is 5.42. The van der Waals surface area contributed by atoms with E-state index in [0.29, 0.717) is 0 Å². The number of nitrogens with one attached hydrogen (secondary N) is 1. The van der Waals surface area contributed by atoms with Gasteiger partial charge in [-0.2, -0.15) is 0 Å². The van der Waals surface area contributed by atoms with Crippen LogP contribution in [-0.4, -0.2) is 11.7 Å². The number of carbonyl (C=O) groups is 1. The summed E-state index contributed by atoms with van der Waals surface area (Å²) in [5, 5.41) is 2.88. The van der Waals surface area contributed by atoms with E-state index >= 15 is 0 Å². The van der Waals surface area contributed by atoms with Gasteiger partial charge in [0.25, 0.3) is 0 Å². The van der Waals surface area contributed by atoms with Crippen LogP contribution < -0.4 is 5.32 Å². The number of thioether (sulfide) groups is 1. The lowest BCUT2D eigenvalue weighted by molar-refractivity contribution is -0.113. The molecule has 1 N–H and O–H groups in total. The molecule has 5 heteroatoms. The summed E-state index contributed by atoms with van der Waals surface area (Å²) in [6.07, 6.45) is 0. The number of halogens is 2. The van der Waals surface area contributed by atoms with Gasteiger partial charge in [0.15, 0.2) is 0 Å². The van der Waals surface area contributed by atoms with Crippen LogP contribution in [0.4, 0.5) is 10.1 Å². The summed E-state index contributed by atoms with van der Waals surface area (Å²) in [5.41, 5.74) is 3.06. The zero-order valence-corrected chi connectivity index (χ0v) is 14.1. The van der Waals surface area contributed by atoms with Crippen molar-refractivity contribution in [2.45, 2.75) is 18.7 Å². The van der Waals surface area contributed by atoms with Crippen LogP contribution in [0.5, 0.6) is 0 Å². The van der Waals surface area contributed by atoms with E-state index < -0.39 is 0 Å². The third-order valence-electron chi connectivity index (χ3n) is 3.04. The van der Waals surface area contributed by atoms with Gasteiger partial charge in [-0.15, -0.1) is 11.8 Å². The molecule has 2 aromatic rings. The number of carbonyl (C=O) groups excluding carboxylic acids is 1. The van der Waals surface area contributed by atoms with Crippen LogP contribution in [-0.2, 0) is 4.79 Å². The third-order valence-corrected chi connectivity index (χ3v) is 4.71. The summed E-state index contributed by atoms with van der Waals surface area (Å²) >= 11 is 4.83. The van der Waals surface area contributed by atoms with Crippen LogP contribution in [0.1, 0.15) is 11.1 Å². The molecule has 0 aliphatic carbocycles. The molecule has 0 saturated carbocycles. The van der Waals surface area contributed by atoms with Gasteiger partial charge in [0.2, 0.25) is 5.91 Å².